The summed E-state index contributed by atoms with van der Waals surface area (Å²) in [6.45, 7) is 5.01. The van der Waals surface area contributed by atoms with Crippen LogP contribution >= 0.6 is 15.9 Å². The zero-order valence-electron chi connectivity index (χ0n) is 17.7. The lowest BCUT2D eigenvalue weighted by molar-refractivity contribution is -0.131. The largest absolute Gasteiger partial charge is 0.381 e. The minimum absolute atomic E-state index is 0.149. The molecule has 2 heterocycles. The Hall–Kier alpha value is -1.96. The van der Waals surface area contributed by atoms with Gasteiger partial charge in [-0.15, -0.1) is 0 Å². The molecule has 0 aromatic heterocycles. The Morgan fingerprint density at radius 3 is 2.45 bits per heavy atom. The smallest absolute Gasteiger partial charge is 0.223 e. The third-order valence-electron chi connectivity index (χ3n) is 6.35. The van der Waals surface area contributed by atoms with E-state index in [1.807, 2.05) is 11.0 Å². The first kappa shape index (κ1) is 22.2. The second kappa shape index (κ2) is 10.1. The average Bonchev–Trinajstić information content (AvgIpc) is 2.80. The van der Waals surface area contributed by atoms with Crippen molar-refractivity contribution in [3.8, 4) is 0 Å². The van der Waals surface area contributed by atoms with Crippen LogP contribution in [-0.4, -0.2) is 56.7 Å². The van der Waals surface area contributed by atoms with Crippen molar-refractivity contribution in [2.75, 3.05) is 50.8 Å². The molecule has 1 amide bonds. The molecule has 5 nitrogen and oxygen atoms in total. The van der Waals surface area contributed by atoms with E-state index in [2.05, 4.69) is 44.3 Å². The number of hydrogen-bond acceptors (Lipinski definition) is 4. The molecule has 0 unspecified atom stereocenters. The molecule has 7 heteroatoms. The van der Waals surface area contributed by atoms with Gasteiger partial charge in [0.2, 0.25) is 5.91 Å². The van der Waals surface area contributed by atoms with E-state index in [9.17, 15) is 9.18 Å². The molecular weight excluding hydrogens is 461 g/mol. The summed E-state index contributed by atoms with van der Waals surface area (Å²) in [5, 5.41) is 3.69. The monoisotopic (exact) mass is 489 g/mol. The third-order valence-corrected chi connectivity index (χ3v) is 6.84. The number of halogens is 2. The predicted octanol–water partition coefficient (Wildman–Crippen LogP) is 3.92. The fourth-order valence-electron chi connectivity index (χ4n) is 4.51. The van der Waals surface area contributed by atoms with E-state index in [0.29, 0.717) is 26.1 Å². The first-order valence-electron chi connectivity index (χ1n) is 10.9. The van der Waals surface area contributed by atoms with Crippen LogP contribution in [0.2, 0.25) is 0 Å². The molecule has 0 atom stereocenters. The maximum atomic E-state index is 13.1. The van der Waals surface area contributed by atoms with E-state index >= 15 is 0 Å². The first-order valence-corrected chi connectivity index (χ1v) is 11.7. The molecule has 31 heavy (non-hydrogen) atoms. The van der Waals surface area contributed by atoms with Crippen LogP contribution in [0.5, 0.6) is 0 Å². The van der Waals surface area contributed by atoms with Crippen molar-refractivity contribution >= 4 is 27.5 Å². The fourth-order valence-corrected chi connectivity index (χ4v) is 4.91. The second-order valence-electron chi connectivity index (χ2n) is 8.23. The number of nitrogens with one attached hydrogen (secondary N) is 1. The van der Waals surface area contributed by atoms with E-state index in [1.165, 1.54) is 17.7 Å². The van der Waals surface area contributed by atoms with Crippen LogP contribution in [0.25, 0.3) is 0 Å². The van der Waals surface area contributed by atoms with Crippen LogP contribution in [0.1, 0.15) is 24.8 Å². The van der Waals surface area contributed by atoms with Gasteiger partial charge in [-0.05, 0) is 54.8 Å². The lowest BCUT2D eigenvalue weighted by Gasteiger charge is -2.39. The van der Waals surface area contributed by atoms with E-state index in [0.717, 1.165) is 49.3 Å². The van der Waals surface area contributed by atoms with Crippen molar-refractivity contribution < 1.29 is 13.9 Å². The first-order chi connectivity index (χ1) is 15.1. The van der Waals surface area contributed by atoms with Crippen molar-refractivity contribution in [3.05, 3.63) is 64.4 Å². The van der Waals surface area contributed by atoms with Gasteiger partial charge in [0.15, 0.2) is 0 Å². The number of hydrogen-bond donors (Lipinski definition) is 1. The van der Waals surface area contributed by atoms with Gasteiger partial charge in [-0.3, -0.25) is 4.79 Å². The normalized spacial score (nSPS) is 18.8. The molecule has 2 aromatic carbocycles. The van der Waals surface area contributed by atoms with Crippen LogP contribution in [0.3, 0.4) is 0 Å². The summed E-state index contributed by atoms with van der Waals surface area (Å²) in [6.07, 6.45) is 2.27. The molecule has 0 aliphatic carbocycles. The van der Waals surface area contributed by atoms with Crippen LogP contribution < -0.4 is 10.2 Å². The zero-order chi connectivity index (χ0) is 21.7. The number of benzene rings is 2. The average molecular weight is 490 g/mol. The summed E-state index contributed by atoms with van der Waals surface area (Å²) in [5.74, 6) is -0.0436. The standard InChI is InChI=1S/C24H29BrFN3O2/c25-20-3-1-2-19(18-20)24(9-16-31-17-10-24)27-11-8-23(30)29-14-12-28(13-15-29)22-6-4-21(26)5-7-22/h1-7,18,27H,8-17H2. The number of anilines is 1. The van der Waals surface area contributed by atoms with Gasteiger partial charge >= 0.3 is 0 Å². The van der Waals surface area contributed by atoms with Gasteiger partial charge in [-0.2, -0.15) is 0 Å². The molecule has 0 radical (unpaired) electrons. The molecule has 1 N–H and O–H groups in total. The Bertz CT molecular complexity index is 879. The van der Waals surface area contributed by atoms with Gasteiger partial charge in [-0.1, -0.05) is 28.1 Å². The Balaban J connectivity index is 1.29. The SMILES string of the molecule is O=C(CCNC1(c2cccc(Br)c2)CCOCC1)N1CCN(c2ccc(F)cc2)CC1. The number of carbonyl (C=O) groups is 1. The Kier molecular flexibility index (Phi) is 7.25. The zero-order valence-corrected chi connectivity index (χ0v) is 19.2. The summed E-state index contributed by atoms with van der Waals surface area (Å²) in [7, 11) is 0. The van der Waals surface area contributed by atoms with Gasteiger partial charge in [0.25, 0.3) is 0 Å². The van der Waals surface area contributed by atoms with E-state index in [4.69, 9.17) is 4.74 Å². The van der Waals surface area contributed by atoms with Crippen molar-refractivity contribution in [3.63, 3.8) is 0 Å². The van der Waals surface area contributed by atoms with Crippen molar-refractivity contribution in [1.82, 2.24) is 10.2 Å². The lowest BCUT2D eigenvalue weighted by Crippen LogP contribution is -2.50. The highest BCUT2D eigenvalue weighted by atomic mass is 79.9. The number of piperazine rings is 1. The number of carbonyl (C=O) groups excluding carboxylic acids is 1. The highest BCUT2D eigenvalue weighted by Gasteiger charge is 2.34. The quantitative estimate of drug-likeness (QED) is 0.667. The van der Waals surface area contributed by atoms with Gasteiger partial charge < -0.3 is 19.9 Å². The Morgan fingerprint density at radius 1 is 1.06 bits per heavy atom. The fraction of sp³-hybridized carbons (Fsp3) is 0.458. The van der Waals surface area contributed by atoms with Crippen molar-refractivity contribution in [2.45, 2.75) is 24.8 Å². The van der Waals surface area contributed by atoms with Crippen molar-refractivity contribution in [1.29, 1.82) is 0 Å². The minimum atomic E-state index is -0.227. The van der Waals surface area contributed by atoms with Gasteiger partial charge in [0.1, 0.15) is 5.82 Å². The van der Waals surface area contributed by atoms with Gasteiger partial charge in [0, 0.05) is 68.1 Å². The molecule has 0 saturated carbocycles. The predicted molar refractivity (Wildman–Crippen MR) is 124 cm³/mol. The maximum Gasteiger partial charge on any atom is 0.223 e. The third kappa shape index (κ3) is 5.45. The maximum absolute atomic E-state index is 13.1. The summed E-state index contributed by atoms with van der Waals surface area (Å²) < 4.78 is 19.8. The summed E-state index contributed by atoms with van der Waals surface area (Å²) in [4.78, 5) is 17.0. The second-order valence-corrected chi connectivity index (χ2v) is 9.14. The highest BCUT2D eigenvalue weighted by Crippen LogP contribution is 2.33. The molecule has 4 rings (SSSR count). The molecule has 0 bridgehead atoms. The van der Waals surface area contributed by atoms with Crippen LogP contribution in [-0.2, 0) is 15.1 Å². The number of nitrogens with zero attached hydrogens (tertiary/aromatic N) is 2. The van der Waals surface area contributed by atoms with Gasteiger partial charge in [-0.25, -0.2) is 4.39 Å². The molecule has 2 aliphatic rings. The number of amides is 1. The molecule has 0 spiro atoms. The van der Waals surface area contributed by atoms with Crippen LogP contribution in [0.15, 0.2) is 53.0 Å². The molecule has 2 aromatic rings. The van der Waals surface area contributed by atoms with E-state index in [-0.39, 0.29) is 17.3 Å². The molecule has 2 aliphatic heterocycles. The van der Waals surface area contributed by atoms with Crippen LogP contribution in [0, 0.1) is 5.82 Å². The topological polar surface area (TPSA) is 44.8 Å². The van der Waals surface area contributed by atoms with E-state index in [1.54, 1.807) is 12.1 Å². The van der Waals surface area contributed by atoms with Gasteiger partial charge in [0.05, 0.1) is 0 Å². The number of rotatable bonds is 6. The lowest BCUT2D eigenvalue weighted by atomic mass is 9.82. The summed E-state index contributed by atoms with van der Waals surface area (Å²) >= 11 is 3.58. The minimum Gasteiger partial charge on any atom is -0.381 e. The summed E-state index contributed by atoms with van der Waals surface area (Å²) in [6, 6.07) is 15.0. The molecular formula is C24H29BrFN3O2. The van der Waals surface area contributed by atoms with Crippen molar-refractivity contribution in [2.24, 2.45) is 0 Å². The molecule has 2 saturated heterocycles. The highest BCUT2D eigenvalue weighted by molar-refractivity contribution is 9.10. The number of ether oxygens (including phenoxy) is 1. The molecule has 166 valence electrons. The van der Waals surface area contributed by atoms with Crippen LogP contribution in [0.4, 0.5) is 10.1 Å². The molecule has 2 fully saturated rings. The summed E-state index contributed by atoms with van der Waals surface area (Å²) in [5.41, 5.74) is 2.10. The van der Waals surface area contributed by atoms with E-state index < -0.39 is 0 Å². The Labute approximate surface area is 191 Å². The Morgan fingerprint density at radius 2 is 1.77 bits per heavy atom.